The lowest BCUT2D eigenvalue weighted by atomic mass is 9.87. The predicted octanol–water partition coefficient (Wildman–Crippen LogP) is 1.85. The summed E-state index contributed by atoms with van der Waals surface area (Å²) in [5.74, 6) is 1.55. The number of ether oxygens (including phenoxy) is 1. The van der Waals surface area contributed by atoms with Crippen LogP contribution in [0, 0.1) is 11.8 Å². The van der Waals surface area contributed by atoms with Crippen LogP contribution in [0.25, 0.3) is 0 Å². The zero-order valence-corrected chi connectivity index (χ0v) is 13.3. The van der Waals surface area contributed by atoms with Gasteiger partial charge in [-0.2, -0.15) is 0 Å². The zero-order chi connectivity index (χ0) is 14.3. The Morgan fingerprint density at radius 1 is 1.37 bits per heavy atom. The minimum absolute atomic E-state index is 0.331. The van der Waals surface area contributed by atoms with Crippen LogP contribution in [0.1, 0.15) is 40.0 Å². The lowest BCUT2D eigenvalue weighted by Crippen LogP contribution is -2.33. The summed E-state index contributed by atoms with van der Waals surface area (Å²) in [6.45, 7) is 8.72. The average Bonchev–Trinajstić information content (AvgIpc) is 2.68. The SMILES string of the molecule is CCOCCCC(CNC(C)C)C1CCS(=O)(=O)C1. The molecule has 2 atom stereocenters. The van der Waals surface area contributed by atoms with Gasteiger partial charge in [0.1, 0.15) is 0 Å². The van der Waals surface area contributed by atoms with E-state index in [4.69, 9.17) is 4.74 Å². The van der Waals surface area contributed by atoms with E-state index < -0.39 is 9.84 Å². The van der Waals surface area contributed by atoms with Crippen LogP contribution >= 0.6 is 0 Å². The van der Waals surface area contributed by atoms with Gasteiger partial charge in [-0.25, -0.2) is 8.42 Å². The van der Waals surface area contributed by atoms with Crippen molar-refractivity contribution in [2.24, 2.45) is 11.8 Å². The number of nitrogens with one attached hydrogen (secondary N) is 1. The summed E-state index contributed by atoms with van der Waals surface area (Å²) in [5, 5.41) is 3.46. The molecule has 19 heavy (non-hydrogen) atoms. The highest BCUT2D eigenvalue weighted by Gasteiger charge is 2.33. The Bertz CT molecular complexity index is 341. The fraction of sp³-hybridized carbons (Fsp3) is 1.00. The Balaban J connectivity index is 2.44. The van der Waals surface area contributed by atoms with Crippen LogP contribution in [0.2, 0.25) is 0 Å². The first-order valence-corrected chi connectivity index (χ1v) is 9.28. The van der Waals surface area contributed by atoms with Crippen molar-refractivity contribution in [1.82, 2.24) is 5.32 Å². The van der Waals surface area contributed by atoms with E-state index in [1.165, 1.54) is 0 Å². The summed E-state index contributed by atoms with van der Waals surface area (Å²) >= 11 is 0. The molecule has 2 unspecified atom stereocenters. The summed E-state index contributed by atoms with van der Waals surface area (Å²) in [4.78, 5) is 0. The number of sulfone groups is 1. The molecule has 1 heterocycles. The molecule has 1 aliphatic rings. The van der Waals surface area contributed by atoms with Gasteiger partial charge in [-0.05, 0) is 44.6 Å². The maximum atomic E-state index is 11.6. The van der Waals surface area contributed by atoms with E-state index in [0.29, 0.717) is 29.4 Å². The minimum atomic E-state index is -2.77. The molecule has 0 radical (unpaired) electrons. The zero-order valence-electron chi connectivity index (χ0n) is 12.5. The fourth-order valence-electron chi connectivity index (χ4n) is 2.68. The Hall–Kier alpha value is -0.130. The summed E-state index contributed by atoms with van der Waals surface area (Å²) in [6, 6.07) is 0.451. The number of hydrogen-bond donors (Lipinski definition) is 1. The van der Waals surface area contributed by atoms with Gasteiger partial charge < -0.3 is 10.1 Å². The minimum Gasteiger partial charge on any atom is -0.382 e. The van der Waals surface area contributed by atoms with Crippen molar-refractivity contribution >= 4 is 9.84 Å². The van der Waals surface area contributed by atoms with Gasteiger partial charge in [-0.15, -0.1) is 0 Å². The fourth-order valence-corrected chi connectivity index (χ4v) is 4.60. The summed E-state index contributed by atoms with van der Waals surface area (Å²) in [7, 11) is -2.77. The van der Waals surface area contributed by atoms with Gasteiger partial charge in [0.15, 0.2) is 9.84 Å². The highest BCUT2D eigenvalue weighted by Crippen LogP contribution is 2.28. The van der Waals surface area contributed by atoms with Crippen LogP contribution in [0.4, 0.5) is 0 Å². The van der Waals surface area contributed by atoms with E-state index in [1.54, 1.807) is 0 Å². The van der Waals surface area contributed by atoms with Gasteiger partial charge >= 0.3 is 0 Å². The molecular formula is C14H29NO3S. The molecule has 1 aliphatic heterocycles. The van der Waals surface area contributed by atoms with Crippen LogP contribution < -0.4 is 5.32 Å². The predicted molar refractivity (Wildman–Crippen MR) is 79.1 cm³/mol. The lowest BCUT2D eigenvalue weighted by molar-refractivity contribution is 0.135. The molecule has 1 fully saturated rings. The topological polar surface area (TPSA) is 55.4 Å². The Labute approximate surface area is 118 Å². The van der Waals surface area contributed by atoms with Crippen LogP contribution in [-0.4, -0.2) is 45.7 Å². The first kappa shape index (κ1) is 16.9. The van der Waals surface area contributed by atoms with Crippen molar-refractivity contribution in [3.05, 3.63) is 0 Å². The number of rotatable bonds is 9. The number of hydrogen-bond acceptors (Lipinski definition) is 4. The van der Waals surface area contributed by atoms with Crippen molar-refractivity contribution in [2.45, 2.75) is 46.1 Å². The second-order valence-corrected chi connectivity index (χ2v) is 8.05. The maximum Gasteiger partial charge on any atom is 0.150 e. The van der Waals surface area contributed by atoms with E-state index in [9.17, 15) is 8.42 Å². The third-order valence-corrected chi connectivity index (χ3v) is 5.58. The molecule has 0 aromatic rings. The van der Waals surface area contributed by atoms with Crippen LogP contribution in [-0.2, 0) is 14.6 Å². The van der Waals surface area contributed by atoms with Crippen LogP contribution in [0.5, 0.6) is 0 Å². The quantitative estimate of drug-likeness (QED) is 0.659. The first-order valence-electron chi connectivity index (χ1n) is 7.46. The van der Waals surface area contributed by atoms with E-state index in [1.807, 2.05) is 6.92 Å². The van der Waals surface area contributed by atoms with Crippen LogP contribution in [0.3, 0.4) is 0 Å². The maximum absolute atomic E-state index is 11.6. The first-order chi connectivity index (χ1) is 8.94. The molecule has 1 saturated heterocycles. The molecule has 114 valence electrons. The second kappa shape index (κ2) is 8.22. The Morgan fingerprint density at radius 3 is 2.63 bits per heavy atom. The molecule has 0 bridgehead atoms. The molecule has 0 aliphatic carbocycles. The lowest BCUT2D eigenvalue weighted by Gasteiger charge is -2.24. The molecule has 4 nitrogen and oxygen atoms in total. The average molecular weight is 291 g/mol. The van der Waals surface area contributed by atoms with Gasteiger partial charge in [0.25, 0.3) is 0 Å². The third-order valence-electron chi connectivity index (χ3n) is 3.79. The molecule has 0 aromatic carbocycles. The monoisotopic (exact) mass is 291 g/mol. The third kappa shape index (κ3) is 6.72. The molecule has 0 spiro atoms. The van der Waals surface area contributed by atoms with Gasteiger partial charge in [-0.3, -0.25) is 0 Å². The highest BCUT2D eigenvalue weighted by atomic mass is 32.2. The molecule has 1 N–H and O–H groups in total. The molecule has 0 aromatic heterocycles. The van der Waals surface area contributed by atoms with Crippen molar-refractivity contribution in [3.63, 3.8) is 0 Å². The van der Waals surface area contributed by atoms with E-state index in [0.717, 1.165) is 39.0 Å². The Kier molecular flexibility index (Phi) is 7.32. The van der Waals surface area contributed by atoms with Gasteiger partial charge in [-0.1, -0.05) is 13.8 Å². The molecule has 0 amide bonds. The normalized spacial score (nSPS) is 23.9. The molecule has 5 heteroatoms. The summed E-state index contributed by atoms with van der Waals surface area (Å²) in [5.41, 5.74) is 0. The molecule has 0 saturated carbocycles. The van der Waals surface area contributed by atoms with Gasteiger partial charge in [0, 0.05) is 19.3 Å². The van der Waals surface area contributed by atoms with Gasteiger partial charge in [0.2, 0.25) is 0 Å². The summed E-state index contributed by atoms with van der Waals surface area (Å²) < 4.78 is 28.6. The van der Waals surface area contributed by atoms with E-state index in [2.05, 4.69) is 19.2 Å². The van der Waals surface area contributed by atoms with Gasteiger partial charge in [0.05, 0.1) is 11.5 Å². The van der Waals surface area contributed by atoms with Crippen molar-refractivity contribution in [2.75, 3.05) is 31.3 Å². The Morgan fingerprint density at radius 2 is 2.11 bits per heavy atom. The van der Waals surface area contributed by atoms with Crippen molar-refractivity contribution in [3.8, 4) is 0 Å². The summed E-state index contributed by atoms with van der Waals surface area (Å²) in [6.07, 6.45) is 2.91. The van der Waals surface area contributed by atoms with Crippen molar-refractivity contribution in [1.29, 1.82) is 0 Å². The van der Waals surface area contributed by atoms with Crippen molar-refractivity contribution < 1.29 is 13.2 Å². The smallest absolute Gasteiger partial charge is 0.150 e. The van der Waals surface area contributed by atoms with Crippen LogP contribution in [0.15, 0.2) is 0 Å². The molecular weight excluding hydrogens is 262 g/mol. The van der Waals surface area contributed by atoms with E-state index >= 15 is 0 Å². The van der Waals surface area contributed by atoms with E-state index in [-0.39, 0.29) is 0 Å². The standard InChI is InChI=1S/C14H29NO3S/c1-4-18-8-5-6-13(10-15-12(2)3)14-7-9-19(16,17)11-14/h12-15H,4-11H2,1-3H3. The second-order valence-electron chi connectivity index (χ2n) is 5.83. The molecule has 1 rings (SSSR count). The largest absolute Gasteiger partial charge is 0.382 e. The highest BCUT2D eigenvalue weighted by molar-refractivity contribution is 7.91.